The van der Waals surface area contributed by atoms with Crippen LogP contribution in [0.4, 0.5) is 0 Å². The molecule has 1 heterocycles. The predicted octanol–water partition coefficient (Wildman–Crippen LogP) is 0.406. The molecule has 2 rings (SSSR count). The average Bonchev–Trinajstić information content (AvgIpc) is 2.95. The molecule has 0 bridgehead atoms. The number of hydrogen-bond acceptors (Lipinski definition) is 4. The van der Waals surface area contributed by atoms with Crippen molar-refractivity contribution in [2.45, 2.75) is 17.4 Å². The molecule has 1 aliphatic rings. The molecule has 1 atom stereocenters. The molecule has 0 spiro atoms. The third kappa shape index (κ3) is 3.19. The van der Waals surface area contributed by atoms with Crippen molar-refractivity contribution in [2.75, 3.05) is 26.7 Å². The molecule has 0 saturated carbocycles. The summed E-state index contributed by atoms with van der Waals surface area (Å²) in [4.78, 5) is 0.285. The van der Waals surface area contributed by atoms with E-state index in [0.717, 1.165) is 12.0 Å². The number of methoxy groups -OCH3 is 1. The quantitative estimate of drug-likeness (QED) is 0.819. The van der Waals surface area contributed by atoms with Gasteiger partial charge < -0.3 is 10.5 Å². The van der Waals surface area contributed by atoms with E-state index in [1.54, 1.807) is 31.4 Å². The van der Waals surface area contributed by atoms with Crippen molar-refractivity contribution in [2.24, 2.45) is 5.73 Å². The maximum atomic E-state index is 12.4. The molecule has 1 aromatic carbocycles. The van der Waals surface area contributed by atoms with Gasteiger partial charge in [0.05, 0.1) is 17.5 Å². The Morgan fingerprint density at radius 2 is 2.10 bits per heavy atom. The fraction of sp³-hybridized carbons (Fsp3) is 0.429. The first-order chi connectivity index (χ1) is 9.57. The molecule has 1 aromatic rings. The maximum Gasteiger partial charge on any atom is 0.243 e. The maximum absolute atomic E-state index is 12.4. The predicted molar refractivity (Wildman–Crippen MR) is 76.5 cm³/mol. The van der Waals surface area contributed by atoms with E-state index in [2.05, 4.69) is 11.8 Å². The van der Waals surface area contributed by atoms with Crippen LogP contribution in [0.1, 0.15) is 12.0 Å². The van der Waals surface area contributed by atoms with Gasteiger partial charge in [-0.25, -0.2) is 8.42 Å². The molecule has 6 heteroatoms. The minimum absolute atomic E-state index is 0.0144. The standard InChI is InChI=1S/C14H18N2O3S/c1-19-13-8-10-16(11-13)20(17,18)14-6-4-12(5-7-14)3-2-9-15/h4-7,13H,8-11,15H2,1H3. The van der Waals surface area contributed by atoms with Gasteiger partial charge in [-0.3, -0.25) is 0 Å². The van der Waals surface area contributed by atoms with Crippen molar-refractivity contribution < 1.29 is 13.2 Å². The Balaban J connectivity index is 2.18. The molecule has 2 N–H and O–H groups in total. The van der Waals surface area contributed by atoms with E-state index in [1.165, 1.54) is 4.31 Å². The Kier molecular flexibility index (Phi) is 4.78. The van der Waals surface area contributed by atoms with Crippen LogP contribution in [0.3, 0.4) is 0 Å². The molecule has 1 aliphatic heterocycles. The first-order valence-corrected chi connectivity index (χ1v) is 7.84. The lowest BCUT2D eigenvalue weighted by Gasteiger charge is -2.16. The summed E-state index contributed by atoms with van der Waals surface area (Å²) in [5.74, 6) is 5.60. The molecule has 20 heavy (non-hydrogen) atoms. The highest BCUT2D eigenvalue weighted by molar-refractivity contribution is 7.89. The summed E-state index contributed by atoms with van der Waals surface area (Å²) >= 11 is 0. The van der Waals surface area contributed by atoms with Gasteiger partial charge in [0, 0.05) is 25.8 Å². The molecule has 1 unspecified atom stereocenters. The Morgan fingerprint density at radius 1 is 1.40 bits per heavy atom. The zero-order chi connectivity index (χ0) is 14.6. The smallest absolute Gasteiger partial charge is 0.243 e. The van der Waals surface area contributed by atoms with Crippen molar-refractivity contribution in [1.29, 1.82) is 0 Å². The molecule has 5 nitrogen and oxygen atoms in total. The fourth-order valence-corrected chi connectivity index (χ4v) is 3.61. The molecule has 0 radical (unpaired) electrons. The highest BCUT2D eigenvalue weighted by atomic mass is 32.2. The summed E-state index contributed by atoms with van der Waals surface area (Å²) in [5, 5.41) is 0. The van der Waals surface area contributed by atoms with E-state index >= 15 is 0 Å². The Hall–Kier alpha value is -1.39. The normalized spacial score (nSPS) is 19.6. The second kappa shape index (κ2) is 6.37. The van der Waals surface area contributed by atoms with Crippen molar-refractivity contribution in [3.8, 4) is 11.8 Å². The zero-order valence-corrected chi connectivity index (χ0v) is 12.2. The monoisotopic (exact) mass is 294 g/mol. The highest BCUT2D eigenvalue weighted by Gasteiger charge is 2.32. The van der Waals surface area contributed by atoms with Gasteiger partial charge in [0.2, 0.25) is 10.0 Å². The number of benzene rings is 1. The van der Waals surface area contributed by atoms with Crippen LogP contribution in [-0.2, 0) is 14.8 Å². The van der Waals surface area contributed by atoms with Crippen molar-refractivity contribution in [1.82, 2.24) is 4.31 Å². The van der Waals surface area contributed by atoms with Crippen LogP contribution in [0, 0.1) is 11.8 Å². The largest absolute Gasteiger partial charge is 0.380 e. The van der Waals surface area contributed by atoms with Crippen LogP contribution in [-0.4, -0.2) is 45.6 Å². The number of rotatable bonds is 3. The van der Waals surface area contributed by atoms with Gasteiger partial charge >= 0.3 is 0 Å². The third-order valence-electron chi connectivity index (χ3n) is 3.27. The lowest BCUT2D eigenvalue weighted by Crippen LogP contribution is -2.30. The molecule has 0 aromatic heterocycles. The molecule has 0 amide bonds. The van der Waals surface area contributed by atoms with Gasteiger partial charge in [0.25, 0.3) is 0 Å². The lowest BCUT2D eigenvalue weighted by atomic mass is 10.2. The van der Waals surface area contributed by atoms with Crippen LogP contribution >= 0.6 is 0 Å². The average molecular weight is 294 g/mol. The molecule has 108 valence electrons. The van der Waals surface area contributed by atoms with E-state index in [9.17, 15) is 8.42 Å². The molecule has 0 aliphatic carbocycles. The Bertz CT molecular complexity index is 614. The van der Waals surface area contributed by atoms with Crippen LogP contribution < -0.4 is 5.73 Å². The summed E-state index contributed by atoms with van der Waals surface area (Å²) < 4.78 is 31.5. The summed E-state index contributed by atoms with van der Waals surface area (Å²) in [6.45, 7) is 1.19. The summed E-state index contributed by atoms with van der Waals surface area (Å²) in [7, 11) is -1.84. The lowest BCUT2D eigenvalue weighted by molar-refractivity contribution is 0.115. The Morgan fingerprint density at radius 3 is 2.65 bits per heavy atom. The second-order valence-corrected chi connectivity index (χ2v) is 6.48. The number of hydrogen-bond donors (Lipinski definition) is 1. The van der Waals surface area contributed by atoms with Crippen LogP contribution in [0.5, 0.6) is 0 Å². The topological polar surface area (TPSA) is 72.6 Å². The van der Waals surface area contributed by atoms with Gasteiger partial charge in [-0.1, -0.05) is 11.8 Å². The molecule has 1 fully saturated rings. The molecular weight excluding hydrogens is 276 g/mol. The first-order valence-electron chi connectivity index (χ1n) is 6.40. The van der Waals surface area contributed by atoms with Crippen molar-refractivity contribution >= 4 is 10.0 Å². The van der Waals surface area contributed by atoms with Crippen LogP contribution in [0.25, 0.3) is 0 Å². The van der Waals surface area contributed by atoms with E-state index in [0.29, 0.717) is 13.1 Å². The zero-order valence-electron chi connectivity index (χ0n) is 11.4. The molecule has 1 saturated heterocycles. The Labute approximate surface area is 119 Å². The number of sulfonamides is 1. The van der Waals surface area contributed by atoms with Crippen molar-refractivity contribution in [3.05, 3.63) is 29.8 Å². The summed E-state index contributed by atoms with van der Waals surface area (Å²) in [6.07, 6.45) is 0.718. The van der Waals surface area contributed by atoms with Crippen LogP contribution in [0.2, 0.25) is 0 Å². The number of ether oxygens (including phenoxy) is 1. The number of nitrogens with two attached hydrogens (primary N) is 1. The molecular formula is C14H18N2O3S. The van der Waals surface area contributed by atoms with E-state index in [4.69, 9.17) is 10.5 Å². The van der Waals surface area contributed by atoms with E-state index in [-0.39, 0.29) is 17.5 Å². The SMILES string of the molecule is COC1CCN(S(=O)(=O)c2ccc(C#CCN)cc2)C1. The van der Waals surface area contributed by atoms with Crippen LogP contribution in [0.15, 0.2) is 29.2 Å². The summed E-state index contributed by atoms with van der Waals surface area (Å²) in [5.41, 5.74) is 6.05. The van der Waals surface area contributed by atoms with Gasteiger partial charge in [0.1, 0.15) is 0 Å². The van der Waals surface area contributed by atoms with Crippen molar-refractivity contribution in [3.63, 3.8) is 0 Å². The minimum Gasteiger partial charge on any atom is -0.380 e. The van der Waals surface area contributed by atoms with Gasteiger partial charge in [0.15, 0.2) is 0 Å². The number of nitrogens with zero attached hydrogens (tertiary/aromatic N) is 1. The van der Waals surface area contributed by atoms with Gasteiger partial charge in [-0.2, -0.15) is 4.31 Å². The summed E-state index contributed by atoms with van der Waals surface area (Å²) in [6, 6.07) is 6.55. The van der Waals surface area contributed by atoms with E-state index in [1.807, 2.05) is 0 Å². The fourth-order valence-electron chi connectivity index (χ4n) is 2.12. The highest BCUT2D eigenvalue weighted by Crippen LogP contribution is 2.22. The van der Waals surface area contributed by atoms with Gasteiger partial charge in [-0.15, -0.1) is 0 Å². The van der Waals surface area contributed by atoms with Gasteiger partial charge in [-0.05, 0) is 30.7 Å². The second-order valence-electron chi connectivity index (χ2n) is 4.54. The first kappa shape index (κ1) is 15.0. The third-order valence-corrected chi connectivity index (χ3v) is 5.15. The van der Waals surface area contributed by atoms with E-state index < -0.39 is 10.0 Å². The minimum atomic E-state index is -3.44.